The van der Waals surface area contributed by atoms with Gasteiger partial charge in [-0.1, -0.05) is 12.2 Å². The molecule has 1 aliphatic heterocycles. The van der Waals surface area contributed by atoms with Crippen LogP contribution in [0, 0.1) is 11.3 Å². The van der Waals surface area contributed by atoms with Crippen molar-refractivity contribution < 1.29 is 9.53 Å². The molecule has 1 rings (SSSR count). The number of carbonyl (C=O) groups excluding carboxylic acids is 1. The highest BCUT2D eigenvalue weighted by atomic mass is 16.6. The van der Waals surface area contributed by atoms with E-state index in [2.05, 4.69) is 6.07 Å². The molecule has 1 heterocycles. The molecule has 0 saturated carbocycles. The molecule has 1 aliphatic rings. The van der Waals surface area contributed by atoms with E-state index in [1.54, 1.807) is 4.90 Å². The first kappa shape index (κ1) is 11.6. The average molecular weight is 208 g/mol. The molecule has 0 aromatic rings. The summed E-state index contributed by atoms with van der Waals surface area (Å²) in [4.78, 5) is 13.3. The van der Waals surface area contributed by atoms with Gasteiger partial charge in [-0.3, -0.25) is 4.90 Å². The summed E-state index contributed by atoms with van der Waals surface area (Å²) in [5.74, 6) is 0. The fourth-order valence-electron chi connectivity index (χ4n) is 1.37. The van der Waals surface area contributed by atoms with Crippen molar-refractivity contribution in [2.24, 2.45) is 0 Å². The highest BCUT2D eigenvalue weighted by Gasteiger charge is 2.28. The Morgan fingerprint density at radius 2 is 2.33 bits per heavy atom. The lowest BCUT2D eigenvalue weighted by Crippen LogP contribution is -2.40. The predicted molar refractivity (Wildman–Crippen MR) is 56.1 cm³/mol. The van der Waals surface area contributed by atoms with Crippen molar-refractivity contribution in [3.05, 3.63) is 12.2 Å². The lowest BCUT2D eigenvalue weighted by molar-refractivity contribution is 0.0245. The van der Waals surface area contributed by atoms with E-state index in [4.69, 9.17) is 10.00 Å². The Bertz CT molecular complexity index is 310. The molecule has 0 saturated heterocycles. The van der Waals surface area contributed by atoms with Crippen LogP contribution in [0.3, 0.4) is 0 Å². The van der Waals surface area contributed by atoms with E-state index >= 15 is 0 Å². The van der Waals surface area contributed by atoms with Crippen molar-refractivity contribution in [1.29, 1.82) is 5.26 Å². The van der Waals surface area contributed by atoms with Crippen LogP contribution in [0.5, 0.6) is 0 Å². The van der Waals surface area contributed by atoms with Gasteiger partial charge in [-0.15, -0.1) is 0 Å². The van der Waals surface area contributed by atoms with Crippen LogP contribution in [0.15, 0.2) is 12.2 Å². The molecular weight excluding hydrogens is 192 g/mol. The van der Waals surface area contributed by atoms with Crippen LogP contribution >= 0.6 is 0 Å². The topological polar surface area (TPSA) is 53.3 Å². The van der Waals surface area contributed by atoms with E-state index in [1.807, 2.05) is 32.9 Å². The molecule has 0 bridgehead atoms. The number of nitriles is 1. The van der Waals surface area contributed by atoms with Crippen molar-refractivity contribution in [3.8, 4) is 6.07 Å². The fraction of sp³-hybridized carbons (Fsp3) is 0.636. The van der Waals surface area contributed by atoms with Crippen LogP contribution in [0.2, 0.25) is 0 Å². The van der Waals surface area contributed by atoms with Crippen LogP contribution in [0.25, 0.3) is 0 Å². The van der Waals surface area contributed by atoms with E-state index in [0.29, 0.717) is 13.0 Å². The molecule has 0 aliphatic carbocycles. The van der Waals surface area contributed by atoms with Gasteiger partial charge in [-0.2, -0.15) is 5.26 Å². The second-order valence-corrected chi connectivity index (χ2v) is 4.49. The summed E-state index contributed by atoms with van der Waals surface area (Å²) >= 11 is 0. The number of nitrogens with zero attached hydrogens (tertiary/aromatic N) is 2. The zero-order valence-electron chi connectivity index (χ0n) is 9.36. The van der Waals surface area contributed by atoms with E-state index in [-0.39, 0.29) is 12.1 Å². The maximum Gasteiger partial charge on any atom is 0.411 e. The Morgan fingerprint density at radius 3 is 2.87 bits per heavy atom. The highest BCUT2D eigenvalue weighted by molar-refractivity contribution is 5.69. The molecule has 1 atom stereocenters. The molecule has 4 heteroatoms. The Balaban J connectivity index is 2.58. The van der Waals surface area contributed by atoms with Gasteiger partial charge in [0, 0.05) is 6.54 Å². The molecule has 0 aromatic carbocycles. The molecule has 0 fully saturated rings. The quantitative estimate of drug-likeness (QED) is 0.620. The van der Waals surface area contributed by atoms with Crippen molar-refractivity contribution in [1.82, 2.24) is 4.90 Å². The minimum absolute atomic E-state index is 0.134. The number of hydrogen-bond acceptors (Lipinski definition) is 3. The number of carbonyl (C=O) groups is 1. The number of ether oxygens (including phenoxy) is 1. The molecule has 0 spiro atoms. The standard InChI is InChI=1S/C11H16N2O2/c1-11(2,3)15-10(14)13-8-4-5-9(13)6-7-12/h4-5,9H,6,8H2,1-3H3. The first-order chi connectivity index (χ1) is 6.94. The number of hydrogen-bond donors (Lipinski definition) is 0. The van der Waals surface area contributed by atoms with E-state index in [0.717, 1.165) is 0 Å². The van der Waals surface area contributed by atoms with Crippen molar-refractivity contribution in [3.63, 3.8) is 0 Å². The van der Waals surface area contributed by atoms with Gasteiger partial charge in [0.2, 0.25) is 0 Å². The number of rotatable bonds is 1. The monoisotopic (exact) mass is 208 g/mol. The second-order valence-electron chi connectivity index (χ2n) is 4.49. The molecule has 0 radical (unpaired) electrons. The normalized spacial score (nSPS) is 20.1. The smallest absolute Gasteiger partial charge is 0.411 e. The molecular formula is C11H16N2O2. The summed E-state index contributed by atoms with van der Waals surface area (Å²) in [6.07, 6.45) is 3.71. The molecule has 4 nitrogen and oxygen atoms in total. The van der Waals surface area contributed by atoms with Gasteiger partial charge in [-0.05, 0) is 20.8 Å². The van der Waals surface area contributed by atoms with Crippen LogP contribution in [-0.4, -0.2) is 29.2 Å². The predicted octanol–water partition coefficient (Wildman–Crippen LogP) is 2.08. The third kappa shape index (κ3) is 3.28. The summed E-state index contributed by atoms with van der Waals surface area (Å²) < 4.78 is 5.24. The van der Waals surface area contributed by atoms with E-state index in [9.17, 15) is 4.79 Å². The third-order valence-corrected chi connectivity index (χ3v) is 1.99. The van der Waals surface area contributed by atoms with Crippen LogP contribution in [-0.2, 0) is 4.74 Å². The van der Waals surface area contributed by atoms with Gasteiger partial charge in [0.1, 0.15) is 5.60 Å². The van der Waals surface area contributed by atoms with Gasteiger partial charge in [0.05, 0.1) is 18.5 Å². The average Bonchev–Trinajstić information content (AvgIpc) is 2.49. The maximum absolute atomic E-state index is 11.7. The number of amides is 1. The van der Waals surface area contributed by atoms with Gasteiger partial charge in [-0.25, -0.2) is 4.79 Å². The Morgan fingerprint density at radius 1 is 1.67 bits per heavy atom. The SMILES string of the molecule is CC(C)(C)OC(=O)N1CC=CC1CC#N. The van der Waals surface area contributed by atoms with Crippen LogP contribution in [0.1, 0.15) is 27.2 Å². The maximum atomic E-state index is 11.7. The van der Waals surface area contributed by atoms with Gasteiger partial charge in [0.25, 0.3) is 0 Å². The lowest BCUT2D eigenvalue weighted by Gasteiger charge is -2.27. The minimum Gasteiger partial charge on any atom is -0.444 e. The molecule has 15 heavy (non-hydrogen) atoms. The van der Waals surface area contributed by atoms with Gasteiger partial charge in [0.15, 0.2) is 0 Å². The molecule has 0 aromatic heterocycles. The van der Waals surface area contributed by atoms with E-state index < -0.39 is 5.60 Å². The molecule has 1 amide bonds. The van der Waals surface area contributed by atoms with Crippen molar-refractivity contribution in [2.75, 3.05) is 6.54 Å². The zero-order valence-corrected chi connectivity index (χ0v) is 9.36. The first-order valence-electron chi connectivity index (χ1n) is 4.97. The summed E-state index contributed by atoms with van der Waals surface area (Å²) in [7, 11) is 0. The largest absolute Gasteiger partial charge is 0.444 e. The van der Waals surface area contributed by atoms with Crippen LogP contribution < -0.4 is 0 Å². The van der Waals surface area contributed by atoms with Crippen LogP contribution in [0.4, 0.5) is 4.79 Å². The van der Waals surface area contributed by atoms with Gasteiger partial charge >= 0.3 is 6.09 Å². The Hall–Kier alpha value is -1.50. The third-order valence-electron chi connectivity index (χ3n) is 1.99. The van der Waals surface area contributed by atoms with Crippen molar-refractivity contribution >= 4 is 6.09 Å². The Labute approximate surface area is 90.1 Å². The first-order valence-corrected chi connectivity index (χ1v) is 4.97. The highest BCUT2D eigenvalue weighted by Crippen LogP contribution is 2.17. The summed E-state index contributed by atoms with van der Waals surface area (Å²) in [5.41, 5.74) is -0.489. The fourth-order valence-corrected chi connectivity index (χ4v) is 1.37. The molecule has 82 valence electrons. The molecule has 1 unspecified atom stereocenters. The second kappa shape index (κ2) is 4.35. The van der Waals surface area contributed by atoms with E-state index in [1.165, 1.54) is 0 Å². The summed E-state index contributed by atoms with van der Waals surface area (Å²) in [6.45, 7) is 6.01. The van der Waals surface area contributed by atoms with Gasteiger partial charge < -0.3 is 4.74 Å². The molecule has 0 N–H and O–H groups in total. The Kier molecular flexibility index (Phi) is 3.35. The lowest BCUT2D eigenvalue weighted by atomic mass is 10.2. The summed E-state index contributed by atoms with van der Waals surface area (Å²) in [6, 6.07) is 1.92. The summed E-state index contributed by atoms with van der Waals surface area (Å²) in [5, 5.41) is 8.60. The minimum atomic E-state index is -0.489. The zero-order chi connectivity index (χ0) is 11.5. The van der Waals surface area contributed by atoms with Crippen molar-refractivity contribution in [2.45, 2.75) is 38.8 Å².